The van der Waals surface area contributed by atoms with Gasteiger partial charge in [-0.15, -0.1) is 0 Å². The maximum Gasteiger partial charge on any atom is 0.0665 e. The second-order valence-corrected chi connectivity index (χ2v) is 11.0. The SMILES string of the molecule is C1=Nc2cc3ccc2CCc2ccc(c(c2)N=CC=Nc2cc4ccc2CCc2ccc(c(c2)N=C1)CC4)CC3. The summed E-state index contributed by atoms with van der Waals surface area (Å²) in [5.74, 6) is 0. The van der Waals surface area contributed by atoms with Gasteiger partial charge in [0.05, 0.1) is 22.7 Å². The summed E-state index contributed by atoms with van der Waals surface area (Å²) in [4.78, 5) is 19.6. The van der Waals surface area contributed by atoms with E-state index in [-0.39, 0.29) is 0 Å². The number of hydrogen-bond acceptors (Lipinski definition) is 4. The van der Waals surface area contributed by atoms with Crippen molar-refractivity contribution in [3.63, 3.8) is 0 Å². The average Bonchev–Trinajstić information content (AvgIpc) is 2.96. The largest absolute Gasteiger partial charge is 0.255 e. The second kappa shape index (κ2) is 11.0. The van der Waals surface area contributed by atoms with Crippen LogP contribution in [0.3, 0.4) is 0 Å². The molecule has 4 aromatic carbocycles. The van der Waals surface area contributed by atoms with Gasteiger partial charge in [-0.2, -0.15) is 0 Å². The molecule has 0 N–H and O–H groups in total. The third-order valence-electron chi connectivity index (χ3n) is 8.32. The molecule has 9 aliphatic rings. The lowest BCUT2D eigenvalue weighted by Gasteiger charge is -2.14. The molecule has 0 unspecified atom stereocenters. The van der Waals surface area contributed by atoms with Gasteiger partial charge in [-0.05, 0) is 120 Å². The fraction of sp³-hybridized carbons (Fsp3) is 0.222. The number of rotatable bonds is 0. The minimum atomic E-state index is 0.930. The summed E-state index contributed by atoms with van der Waals surface area (Å²) in [5, 5.41) is 0. The summed E-state index contributed by atoms with van der Waals surface area (Å²) in [6.45, 7) is 0. The van der Waals surface area contributed by atoms with Gasteiger partial charge < -0.3 is 0 Å². The summed E-state index contributed by atoms with van der Waals surface area (Å²) < 4.78 is 0. The Morgan fingerprint density at radius 3 is 0.800 bits per heavy atom. The molecule has 4 nitrogen and oxygen atoms in total. The van der Waals surface area contributed by atoms with E-state index in [2.05, 4.69) is 72.8 Å². The molecule has 0 saturated carbocycles. The highest BCUT2D eigenvalue weighted by molar-refractivity contribution is 6.18. The highest BCUT2D eigenvalue weighted by Crippen LogP contribution is 2.30. The van der Waals surface area contributed by atoms with Gasteiger partial charge in [-0.1, -0.05) is 48.5 Å². The molecule has 8 aliphatic carbocycles. The van der Waals surface area contributed by atoms with Crippen molar-refractivity contribution in [3.05, 3.63) is 117 Å². The highest BCUT2D eigenvalue weighted by Gasteiger charge is 2.12. The van der Waals surface area contributed by atoms with Gasteiger partial charge in [0, 0.05) is 24.9 Å². The maximum atomic E-state index is 4.90. The van der Waals surface area contributed by atoms with Gasteiger partial charge in [-0.3, -0.25) is 20.0 Å². The standard InChI is InChI=1S/C36H32N4/c1-9-29-14-6-26-2-10-30-13-5-25(1)21-33(29)37-17-18-39-35-23-27-3-11-31(35)15-7-28-4-12-32(16-8-27)36(24-28)40-20-19-38-34(30)22-26/h1-4,9-12,17-24H,5-8,13-16H2. The van der Waals surface area contributed by atoms with Crippen LogP contribution >= 0.6 is 0 Å². The zero-order valence-electron chi connectivity index (χ0n) is 22.7. The predicted octanol–water partition coefficient (Wildman–Crippen LogP) is 7.98. The fourth-order valence-corrected chi connectivity index (χ4v) is 5.96. The van der Waals surface area contributed by atoms with Crippen molar-refractivity contribution in [1.82, 2.24) is 0 Å². The van der Waals surface area contributed by atoms with Gasteiger partial charge in [0.25, 0.3) is 0 Å². The number of hydrogen-bond donors (Lipinski definition) is 0. The molecule has 4 heteroatoms. The molecule has 0 saturated heterocycles. The molecule has 4 aromatic rings. The van der Waals surface area contributed by atoms with Gasteiger partial charge in [-0.25, -0.2) is 0 Å². The Labute approximate surface area is 236 Å². The van der Waals surface area contributed by atoms with E-state index in [1.807, 2.05) is 24.9 Å². The second-order valence-electron chi connectivity index (χ2n) is 11.0. The molecule has 40 heavy (non-hydrogen) atoms. The van der Waals surface area contributed by atoms with Gasteiger partial charge in [0.2, 0.25) is 0 Å². The molecule has 0 aromatic heterocycles. The van der Waals surface area contributed by atoms with Gasteiger partial charge in [0.15, 0.2) is 0 Å². The van der Waals surface area contributed by atoms with E-state index in [4.69, 9.17) is 20.0 Å². The monoisotopic (exact) mass is 520 g/mol. The summed E-state index contributed by atoms with van der Waals surface area (Å²) in [5.41, 5.74) is 14.4. The number of nitrogens with zero attached hydrogens (tertiary/aromatic N) is 4. The van der Waals surface area contributed by atoms with Gasteiger partial charge in [0.1, 0.15) is 0 Å². The minimum Gasteiger partial charge on any atom is -0.255 e. The Morgan fingerprint density at radius 2 is 0.550 bits per heavy atom. The van der Waals surface area contributed by atoms with Crippen molar-refractivity contribution in [2.75, 3.05) is 0 Å². The van der Waals surface area contributed by atoms with E-state index >= 15 is 0 Å². The molecule has 0 radical (unpaired) electrons. The molecule has 0 fully saturated rings. The zero-order chi connectivity index (χ0) is 26.7. The molecular formula is C36H32N4. The van der Waals surface area contributed by atoms with Crippen molar-refractivity contribution in [3.8, 4) is 0 Å². The van der Waals surface area contributed by atoms with Crippen LogP contribution in [0.4, 0.5) is 22.7 Å². The van der Waals surface area contributed by atoms with E-state index in [0.29, 0.717) is 0 Å². The first-order valence-electron chi connectivity index (χ1n) is 14.4. The lowest BCUT2D eigenvalue weighted by Crippen LogP contribution is -2.00. The van der Waals surface area contributed by atoms with Crippen LogP contribution < -0.4 is 0 Å². The fourth-order valence-electron chi connectivity index (χ4n) is 5.96. The Balaban J connectivity index is 1.35. The summed E-state index contributed by atoms with van der Waals surface area (Å²) in [7, 11) is 0. The average molecular weight is 521 g/mol. The number of aryl methyl sites for hydroxylation is 8. The smallest absolute Gasteiger partial charge is 0.0665 e. The molecule has 196 valence electrons. The number of benzene rings is 4. The topological polar surface area (TPSA) is 49.4 Å². The van der Waals surface area contributed by atoms with Crippen LogP contribution in [0.2, 0.25) is 0 Å². The lowest BCUT2D eigenvalue weighted by molar-refractivity contribution is 0.921. The van der Waals surface area contributed by atoms with Crippen LogP contribution in [0.15, 0.2) is 92.8 Å². The van der Waals surface area contributed by atoms with Crippen molar-refractivity contribution >= 4 is 47.6 Å². The van der Waals surface area contributed by atoms with Crippen molar-refractivity contribution in [2.45, 2.75) is 51.4 Å². The predicted molar refractivity (Wildman–Crippen MR) is 168 cm³/mol. The third kappa shape index (κ3) is 5.35. The first kappa shape index (κ1) is 24.6. The van der Waals surface area contributed by atoms with E-state index in [9.17, 15) is 0 Å². The van der Waals surface area contributed by atoms with Crippen LogP contribution in [-0.2, 0) is 51.4 Å². The summed E-state index contributed by atoms with van der Waals surface area (Å²) in [6.07, 6.45) is 15.0. The first-order valence-corrected chi connectivity index (χ1v) is 14.4. The van der Waals surface area contributed by atoms with Crippen LogP contribution in [0.25, 0.3) is 0 Å². The molecule has 0 atom stereocenters. The van der Waals surface area contributed by atoms with Crippen molar-refractivity contribution in [2.24, 2.45) is 20.0 Å². The highest BCUT2D eigenvalue weighted by atomic mass is 14.8. The molecule has 0 spiro atoms. The molecular weight excluding hydrogens is 488 g/mol. The Hall–Kier alpha value is -4.44. The van der Waals surface area contributed by atoms with E-state index < -0.39 is 0 Å². The van der Waals surface area contributed by atoms with Crippen LogP contribution in [-0.4, -0.2) is 24.9 Å². The number of aliphatic imine (C=N–C) groups is 4. The molecule has 12 bridgehead atoms. The normalized spacial score (nSPS) is 15.8. The van der Waals surface area contributed by atoms with Crippen LogP contribution in [0, 0.1) is 0 Å². The lowest BCUT2D eigenvalue weighted by atomic mass is 9.94. The third-order valence-corrected chi connectivity index (χ3v) is 8.32. The van der Waals surface area contributed by atoms with E-state index in [0.717, 1.165) is 74.1 Å². The zero-order valence-corrected chi connectivity index (χ0v) is 22.7. The van der Waals surface area contributed by atoms with Gasteiger partial charge >= 0.3 is 0 Å². The maximum absolute atomic E-state index is 4.90. The molecule has 1 aliphatic heterocycles. The summed E-state index contributed by atoms with van der Waals surface area (Å²) >= 11 is 0. The van der Waals surface area contributed by atoms with Crippen LogP contribution in [0.5, 0.6) is 0 Å². The quantitative estimate of drug-likeness (QED) is 0.226. The molecule has 13 rings (SSSR count). The molecule has 0 amide bonds. The van der Waals surface area contributed by atoms with E-state index in [1.165, 1.54) is 44.5 Å². The van der Waals surface area contributed by atoms with Crippen LogP contribution in [0.1, 0.15) is 44.5 Å². The Morgan fingerprint density at radius 1 is 0.300 bits per heavy atom. The Kier molecular flexibility index (Phi) is 6.75. The minimum absolute atomic E-state index is 0.930. The van der Waals surface area contributed by atoms with Crippen molar-refractivity contribution < 1.29 is 0 Å². The Bertz CT molecular complexity index is 1450. The van der Waals surface area contributed by atoms with Crippen molar-refractivity contribution in [1.29, 1.82) is 0 Å². The first-order chi connectivity index (χ1) is 19.8. The van der Waals surface area contributed by atoms with E-state index in [1.54, 1.807) is 0 Å². The summed E-state index contributed by atoms with van der Waals surface area (Å²) in [6, 6.07) is 27.0. The molecule has 1 heterocycles.